The summed E-state index contributed by atoms with van der Waals surface area (Å²) >= 11 is 0. The molecule has 0 aliphatic heterocycles. The van der Waals surface area contributed by atoms with Crippen molar-refractivity contribution in [3.05, 3.63) is 65.0 Å². The highest BCUT2D eigenvalue weighted by Gasteiger charge is 2.13. The second-order valence-corrected chi connectivity index (χ2v) is 4.44. The minimum atomic E-state index is -0.633. The van der Waals surface area contributed by atoms with Gasteiger partial charge < -0.3 is 10.5 Å². The smallest absolute Gasteiger partial charge is 0.165 e. The Kier molecular flexibility index (Phi) is 4.29. The lowest BCUT2D eigenvalue weighted by atomic mass is 9.99. The maximum Gasteiger partial charge on any atom is 0.165 e. The number of benzene rings is 2. The summed E-state index contributed by atoms with van der Waals surface area (Å²) in [6, 6.07) is 6.83. The molecule has 0 fully saturated rings. The zero-order chi connectivity index (χ0) is 14.7. The second kappa shape index (κ2) is 5.96. The lowest BCUT2D eigenvalue weighted by Crippen LogP contribution is -2.14. The molecular formula is C15H14F3NO. The van der Waals surface area contributed by atoms with E-state index in [0.717, 1.165) is 18.2 Å². The van der Waals surface area contributed by atoms with Crippen molar-refractivity contribution in [2.45, 2.75) is 12.5 Å². The van der Waals surface area contributed by atoms with Gasteiger partial charge in [0.1, 0.15) is 11.6 Å². The number of nitrogens with two attached hydrogens (primary N) is 1. The van der Waals surface area contributed by atoms with Gasteiger partial charge in [-0.25, -0.2) is 13.2 Å². The summed E-state index contributed by atoms with van der Waals surface area (Å²) in [4.78, 5) is 0. The van der Waals surface area contributed by atoms with Crippen molar-refractivity contribution in [1.29, 1.82) is 0 Å². The number of methoxy groups -OCH3 is 1. The summed E-state index contributed by atoms with van der Waals surface area (Å²) in [6.45, 7) is 0. The quantitative estimate of drug-likeness (QED) is 0.932. The van der Waals surface area contributed by atoms with Crippen molar-refractivity contribution >= 4 is 0 Å². The van der Waals surface area contributed by atoms with Gasteiger partial charge in [0.2, 0.25) is 0 Å². The third-order valence-electron chi connectivity index (χ3n) is 3.05. The normalized spacial score (nSPS) is 12.2. The molecule has 1 unspecified atom stereocenters. The summed E-state index contributed by atoms with van der Waals surface area (Å²) in [5, 5.41) is 0. The molecule has 5 heteroatoms. The molecule has 106 valence electrons. The first-order valence-corrected chi connectivity index (χ1v) is 6.04. The summed E-state index contributed by atoms with van der Waals surface area (Å²) < 4.78 is 45.0. The molecular weight excluding hydrogens is 267 g/mol. The number of halogens is 3. The maximum absolute atomic E-state index is 13.6. The van der Waals surface area contributed by atoms with Crippen LogP contribution in [-0.4, -0.2) is 7.11 Å². The zero-order valence-electron chi connectivity index (χ0n) is 10.9. The van der Waals surface area contributed by atoms with Crippen LogP contribution in [-0.2, 0) is 6.42 Å². The molecule has 0 saturated heterocycles. The van der Waals surface area contributed by atoms with Crippen LogP contribution in [0.1, 0.15) is 17.2 Å². The lowest BCUT2D eigenvalue weighted by Gasteiger charge is -2.14. The van der Waals surface area contributed by atoms with Gasteiger partial charge in [-0.05, 0) is 47.9 Å². The monoisotopic (exact) mass is 281 g/mol. The van der Waals surface area contributed by atoms with Crippen LogP contribution in [0.15, 0.2) is 36.4 Å². The van der Waals surface area contributed by atoms with Crippen LogP contribution in [0.4, 0.5) is 13.2 Å². The van der Waals surface area contributed by atoms with E-state index in [1.54, 1.807) is 6.07 Å². The number of hydrogen-bond acceptors (Lipinski definition) is 2. The SMILES string of the molecule is COc1ccc(C(N)Cc2cc(F)ccc2F)cc1F. The molecule has 2 N–H and O–H groups in total. The highest BCUT2D eigenvalue weighted by atomic mass is 19.1. The summed E-state index contributed by atoms with van der Waals surface area (Å²) in [5.41, 5.74) is 6.56. The molecule has 0 aromatic heterocycles. The Morgan fingerprint density at radius 2 is 1.80 bits per heavy atom. The average Bonchev–Trinajstić information content (AvgIpc) is 2.42. The van der Waals surface area contributed by atoms with Gasteiger partial charge in [-0.15, -0.1) is 0 Å². The Morgan fingerprint density at radius 1 is 1.05 bits per heavy atom. The number of rotatable bonds is 4. The van der Waals surface area contributed by atoms with Crippen molar-refractivity contribution in [3.63, 3.8) is 0 Å². The summed E-state index contributed by atoms with van der Waals surface area (Å²) in [5.74, 6) is -1.50. The standard InChI is InChI=1S/C15H14F3NO/c1-20-15-5-2-9(7-13(15)18)14(19)8-10-6-11(16)3-4-12(10)17/h2-7,14H,8,19H2,1H3. The Balaban J connectivity index is 2.21. The molecule has 0 amide bonds. The first-order chi connectivity index (χ1) is 9.51. The molecule has 0 bridgehead atoms. The van der Waals surface area contributed by atoms with Crippen LogP contribution in [0.3, 0.4) is 0 Å². The Labute approximate surface area is 115 Å². The van der Waals surface area contributed by atoms with Crippen LogP contribution >= 0.6 is 0 Å². The van der Waals surface area contributed by atoms with Gasteiger partial charge in [0, 0.05) is 6.04 Å². The molecule has 2 nitrogen and oxygen atoms in total. The van der Waals surface area contributed by atoms with E-state index in [9.17, 15) is 13.2 Å². The zero-order valence-corrected chi connectivity index (χ0v) is 10.9. The van der Waals surface area contributed by atoms with Gasteiger partial charge in [0.25, 0.3) is 0 Å². The molecule has 0 heterocycles. The van der Waals surface area contributed by atoms with E-state index in [2.05, 4.69) is 0 Å². The molecule has 2 aromatic rings. The van der Waals surface area contributed by atoms with Gasteiger partial charge in [-0.1, -0.05) is 6.07 Å². The maximum atomic E-state index is 13.6. The van der Waals surface area contributed by atoms with E-state index >= 15 is 0 Å². The topological polar surface area (TPSA) is 35.2 Å². The van der Waals surface area contributed by atoms with Crippen molar-refractivity contribution in [1.82, 2.24) is 0 Å². The van der Waals surface area contributed by atoms with E-state index in [4.69, 9.17) is 10.5 Å². The Hall–Kier alpha value is -2.01. The molecule has 0 saturated carbocycles. The summed E-state index contributed by atoms with van der Waals surface area (Å²) in [7, 11) is 1.36. The van der Waals surface area contributed by atoms with Gasteiger partial charge in [-0.2, -0.15) is 0 Å². The largest absolute Gasteiger partial charge is 0.494 e. The van der Waals surface area contributed by atoms with Crippen molar-refractivity contribution in [3.8, 4) is 5.75 Å². The predicted molar refractivity (Wildman–Crippen MR) is 69.9 cm³/mol. The second-order valence-electron chi connectivity index (χ2n) is 4.44. The summed E-state index contributed by atoms with van der Waals surface area (Å²) in [6.07, 6.45) is 0.0787. The third-order valence-corrected chi connectivity index (χ3v) is 3.05. The van der Waals surface area contributed by atoms with E-state index in [-0.39, 0.29) is 17.7 Å². The van der Waals surface area contributed by atoms with Gasteiger partial charge in [0.15, 0.2) is 11.6 Å². The fourth-order valence-electron chi connectivity index (χ4n) is 1.97. The highest BCUT2D eigenvalue weighted by molar-refractivity contribution is 5.32. The molecule has 2 aromatic carbocycles. The van der Waals surface area contributed by atoms with E-state index < -0.39 is 23.5 Å². The Morgan fingerprint density at radius 3 is 2.45 bits per heavy atom. The molecule has 2 rings (SSSR count). The van der Waals surface area contributed by atoms with Crippen LogP contribution in [0.2, 0.25) is 0 Å². The first kappa shape index (κ1) is 14.4. The predicted octanol–water partition coefficient (Wildman–Crippen LogP) is 3.36. The number of ether oxygens (including phenoxy) is 1. The van der Waals surface area contributed by atoms with Crippen LogP contribution in [0.25, 0.3) is 0 Å². The minimum Gasteiger partial charge on any atom is -0.494 e. The van der Waals surface area contributed by atoms with Gasteiger partial charge in [-0.3, -0.25) is 0 Å². The Bertz CT molecular complexity index is 616. The van der Waals surface area contributed by atoms with Crippen molar-refractivity contribution in [2.75, 3.05) is 7.11 Å². The number of hydrogen-bond donors (Lipinski definition) is 1. The first-order valence-electron chi connectivity index (χ1n) is 6.04. The van der Waals surface area contributed by atoms with E-state index in [1.807, 2.05) is 0 Å². The average molecular weight is 281 g/mol. The molecule has 20 heavy (non-hydrogen) atoms. The fourth-order valence-corrected chi connectivity index (χ4v) is 1.97. The van der Waals surface area contributed by atoms with E-state index in [1.165, 1.54) is 19.2 Å². The van der Waals surface area contributed by atoms with Crippen molar-refractivity contribution < 1.29 is 17.9 Å². The van der Waals surface area contributed by atoms with Crippen LogP contribution in [0, 0.1) is 17.5 Å². The molecule has 0 aliphatic carbocycles. The van der Waals surface area contributed by atoms with Crippen LogP contribution < -0.4 is 10.5 Å². The van der Waals surface area contributed by atoms with E-state index in [0.29, 0.717) is 5.56 Å². The molecule has 0 aliphatic rings. The van der Waals surface area contributed by atoms with Gasteiger partial charge in [0.05, 0.1) is 7.11 Å². The fraction of sp³-hybridized carbons (Fsp3) is 0.200. The van der Waals surface area contributed by atoms with Crippen molar-refractivity contribution in [2.24, 2.45) is 5.73 Å². The molecule has 0 radical (unpaired) electrons. The molecule has 0 spiro atoms. The third kappa shape index (κ3) is 3.11. The lowest BCUT2D eigenvalue weighted by molar-refractivity contribution is 0.386. The van der Waals surface area contributed by atoms with Crippen LogP contribution in [0.5, 0.6) is 5.75 Å². The highest BCUT2D eigenvalue weighted by Crippen LogP contribution is 2.24. The van der Waals surface area contributed by atoms with Gasteiger partial charge >= 0.3 is 0 Å². The minimum absolute atomic E-state index is 0.0787. The molecule has 1 atom stereocenters.